The molecule has 0 unspecified atom stereocenters. The van der Waals surface area contributed by atoms with Gasteiger partial charge in [-0.2, -0.15) is 0 Å². The molecule has 114 valence electrons. The van der Waals surface area contributed by atoms with Gasteiger partial charge in [0.2, 0.25) is 0 Å². The van der Waals surface area contributed by atoms with Gasteiger partial charge in [0.25, 0.3) is 10.0 Å². The standard InChI is InChI=1S/C12H12BrFN2O4S/c1-19-7-2-3-9(14)10(4-7)16-21(17,18)11-5-8(6-15)20-12(11)13/h2-5,16H,6,15H2,1H3. The van der Waals surface area contributed by atoms with E-state index in [1.807, 2.05) is 0 Å². The number of sulfonamides is 1. The molecule has 0 aliphatic rings. The van der Waals surface area contributed by atoms with Gasteiger partial charge >= 0.3 is 0 Å². The van der Waals surface area contributed by atoms with E-state index in [9.17, 15) is 12.8 Å². The molecule has 0 aliphatic carbocycles. The number of halogens is 2. The Morgan fingerprint density at radius 3 is 2.71 bits per heavy atom. The molecule has 0 fully saturated rings. The van der Waals surface area contributed by atoms with E-state index in [1.54, 1.807) is 0 Å². The summed E-state index contributed by atoms with van der Waals surface area (Å²) >= 11 is 2.99. The van der Waals surface area contributed by atoms with E-state index in [-0.39, 0.29) is 27.6 Å². The average Bonchev–Trinajstić information content (AvgIpc) is 2.83. The van der Waals surface area contributed by atoms with Crippen LogP contribution in [0.15, 0.2) is 38.2 Å². The summed E-state index contributed by atoms with van der Waals surface area (Å²) in [5.41, 5.74) is 5.16. The van der Waals surface area contributed by atoms with E-state index in [0.717, 1.165) is 6.07 Å². The van der Waals surface area contributed by atoms with Gasteiger partial charge in [-0.05, 0) is 28.1 Å². The number of anilines is 1. The fourth-order valence-corrected chi connectivity index (χ4v) is 3.65. The number of hydrogen-bond acceptors (Lipinski definition) is 5. The number of furan rings is 1. The molecule has 2 rings (SSSR count). The van der Waals surface area contributed by atoms with Crippen LogP contribution in [0.3, 0.4) is 0 Å². The van der Waals surface area contributed by atoms with Gasteiger partial charge in [0, 0.05) is 12.1 Å². The minimum atomic E-state index is -4.02. The lowest BCUT2D eigenvalue weighted by Gasteiger charge is -2.09. The largest absolute Gasteiger partial charge is 0.497 e. The maximum atomic E-state index is 13.7. The first-order valence-corrected chi connectivity index (χ1v) is 7.99. The van der Waals surface area contributed by atoms with E-state index >= 15 is 0 Å². The van der Waals surface area contributed by atoms with Crippen LogP contribution < -0.4 is 15.2 Å². The summed E-state index contributed by atoms with van der Waals surface area (Å²) in [5.74, 6) is -0.116. The molecule has 0 atom stereocenters. The molecule has 0 saturated heterocycles. The van der Waals surface area contributed by atoms with Gasteiger partial charge in [-0.3, -0.25) is 4.72 Å². The quantitative estimate of drug-likeness (QED) is 0.832. The summed E-state index contributed by atoms with van der Waals surface area (Å²) in [7, 11) is -2.63. The second-order valence-corrected chi connectivity index (χ2v) is 6.38. The molecule has 0 aliphatic heterocycles. The minimum Gasteiger partial charge on any atom is -0.497 e. The summed E-state index contributed by atoms with van der Waals surface area (Å²) in [4.78, 5) is -0.162. The van der Waals surface area contributed by atoms with Gasteiger partial charge in [0.15, 0.2) is 4.67 Å². The van der Waals surface area contributed by atoms with Crippen molar-refractivity contribution in [2.75, 3.05) is 11.8 Å². The minimum absolute atomic E-state index is 0.00115. The number of nitrogens with two attached hydrogens (primary N) is 1. The first-order chi connectivity index (χ1) is 9.87. The van der Waals surface area contributed by atoms with Crippen molar-refractivity contribution in [1.82, 2.24) is 0 Å². The van der Waals surface area contributed by atoms with E-state index in [0.29, 0.717) is 5.75 Å². The molecule has 1 aromatic carbocycles. The SMILES string of the molecule is COc1ccc(F)c(NS(=O)(=O)c2cc(CN)oc2Br)c1. The van der Waals surface area contributed by atoms with E-state index in [1.165, 1.54) is 25.3 Å². The Labute approximate surface area is 129 Å². The maximum Gasteiger partial charge on any atom is 0.266 e. The highest BCUT2D eigenvalue weighted by Gasteiger charge is 2.23. The maximum absolute atomic E-state index is 13.7. The molecule has 0 saturated carbocycles. The van der Waals surface area contributed by atoms with Crippen LogP contribution >= 0.6 is 15.9 Å². The van der Waals surface area contributed by atoms with Crippen LogP contribution in [0.4, 0.5) is 10.1 Å². The summed E-state index contributed by atoms with van der Waals surface area (Å²) in [6.45, 7) is 0.0433. The highest BCUT2D eigenvalue weighted by atomic mass is 79.9. The van der Waals surface area contributed by atoms with Crippen LogP contribution in [0, 0.1) is 5.82 Å². The molecule has 0 bridgehead atoms. The Kier molecular flexibility index (Phi) is 4.55. The molecule has 21 heavy (non-hydrogen) atoms. The third-order valence-electron chi connectivity index (χ3n) is 2.62. The fraction of sp³-hybridized carbons (Fsp3) is 0.167. The van der Waals surface area contributed by atoms with Crippen molar-refractivity contribution < 1.29 is 22.0 Å². The molecule has 3 N–H and O–H groups in total. The molecule has 0 amide bonds. The molecule has 0 spiro atoms. The van der Waals surface area contributed by atoms with Crippen molar-refractivity contribution in [3.63, 3.8) is 0 Å². The Balaban J connectivity index is 2.39. The third-order valence-corrected chi connectivity index (χ3v) is 4.84. The van der Waals surface area contributed by atoms with Crippen molar-refractivity contribution in [2.24, 2.45) is 5.73 Å². The van der Waals surface area contributed by atoms with Gasteiger partial charge < -0.3 is 14.9 Å². The zero-order valence-electron chi connectivity index (χ0n) is 10.9. The summed E-state index contributed by atoms with van der Waals surface area (Å²) in [6, 6.07) is 5.00. The number of nitrogens with one attached hydrogen (secondary N) is 1. The highest BCUT2D eigenvalue weighted by molar-refractivity contribution is 9.10. The predicted octanol–water partition coefficient (Wildman–Crippen LogP) is 2.45. The number of benzene rings is 1. The van der Waals surface area contributed by atoms with Crippen LogP contribution in [-0.4, -0.2) is 15.5 Å². The summed E-state index contributed by atoms with van der Waals surface area (Å²) < 4.78 is 50.4. The number of hydrogen-bond donors (Lipinski definition) is 2. The Morgan fingerprint density at radius 1 is 1.43 bits per heavy atom. The van der Waals surface area contributed by atoms with Crippen LogP contribution in [0.5, 0.6) is 5.75 Å². The van der Waals surface area contributed by atoms with E-state index in [4.69, 9.17) is 14.9 Å². The average molecular weight is 379 g/mol. The first-order valence-electron chi connectivity index (χ1n) is 5.72. The lowest BCUT2D eigenvalue weighted by Crippen LogP contribution is -2.14. The number of methoxy groups -OCH3 is 1. The summed E-state index contributed by atoms with van der Waals surface area (Å²) in [6.07, 6.45) is 0. The number of rotatable bonds is 5. The molecule has 6 nitrogen and oxygen atoms in total. The van der Waals surface area contributed by atoms with Crippen molar-refractivity contribution in [1.29, 1.82) is 0 Å². The smallest absolute Gasteiger partial charge is 0.266 e. The van der Waals surface area contributed by atoms with Crippen molar-refractivity contribution in [3.05, 3.63) is 40.5 Å². The Morgan fingerprint density at radius 2 is 2.14 bits per heavy atom. The molecule has 9 heteroatoms. The second kappa shape index (κ2) is 6.04. The van der Waals surface area contributed by atoms with Crippen molar-refractivity contribution in [2.45, 2.75) is 11.4 Å². The first kappa shape index (κ1) is 15.8. The second-order valence-electron chi connectivity index (χ2n) is 4.01. The van der Waals surface area contributed by atoms with Crippen molar-refractivity contribution >= 4 is 31.6 Å². The van der Waals surface area contributed by atoms with E-state index < -0.39 is 15.8 Å². The zero-order chi connectivity index (χ0) is 15.6. The van der Waals surface area contributed by atoms with Crippen LogP contribution in [0.25, 0.3) is 0 Å². The van der Waals surface area contributed by atoms with Gasteiger partial charge in [0.1, 0.15) is 22.2 Å². The molecule has 2 aromatic rings. The lowest BCUT2D eigenvalue weighted by atomic mass is 10.3. The predicted molar refractivity (Wildman–Crippen MR) is 78.1 cm³/mol. The monoisotopic (exact) mass is 378 g/mol. The van der Waals surface area contributed by atoms with Gasteiger partial charge in [-0.15, -0.1) is 0 Å². The third kappa shape index (κ3) is 3.36. The Bertz CT molecular complexity index is 761. The highest BCUT2D eigenvalue weighted by Crippen LogP contribution is 2.29. The van der Waals surface area contributed by atoms with E-state index in [2.05, 4.69) is 20.7 Å². The van der Waals surface area contributed by atoms with Crippen LogP contribution in [0.2, 0.25) is 0 Å². The fourth-order valence-electron chi connectivity index (χ4n) is 1.59. The molecule has 0 radical (unpaired) electrons. The molecular formula is C12H12BrFN2O4S. The van der Waals surface area contributed by atoms with Gasteiger partial charge in [-0.1, -0.05) is 0 Å². The van der Waals surface area contributed by atoms with Crippen molar-refractivity contribution in [3.8, 4) is 5.75 Å². The normalized spacial score (nSPS) is 11.4. The van der Waals surface area contributed by atoms with Gasteiger partial charge in [-0.25, -0.2) is 12.8 Å². The molecule has 1 heterocycles. The molecule has 1 aromatic heterocycles. The topological polar surface area (TPSA) is 94.6 Å². The van der Waals surface area contributed by atoms with Crippen LogP contribution in [0.1, 0.15) is 5.76 Å². The lowest BCUT2D eigenvalue weighted by molar-refractivity contribution is 0.414. The number of ether oxygens (including phenoxy) is 1. The summed E-state index contributed by atoms with van der Waals surface area (Å²) in [5, 5.41) is 0. The molecular weight excluding hydrogens is 367 g/mol. The van der Waals surface area contributed by atoms with Gasteiger partial charge in [0.05, 0.1) is 19.3 Å². The Hall–Kier alpha value is -1.58. The zero-order valence-corrected chi connectivity index (χ0v) is 13.3. The van der Waals surface area contributed by atoms with Crippen LogP contribution in [-0.2, 0) is 16.6 Å².